The third-order valence-corrected chi connectivity index (χ3v) is 2.91. The molecule has 0 aliphatic heterocycles. The second-order valence-corrected chi connectivity index (χ2v) is 4.36. The van der Waals surface area contributed by atoms with Gasteiger partial charge in [0.2, 0.25) is 0 Å². The molecule has 2 rings (SSSR count). The van der Waals surface area contributed by atoms with Gasteiger partial charge in [-0.05, 0) is 29.3 Å². The van der Waals surface area contributed by atoms with Crippen LogP contribution in [0, 0.1) is 5.82 Å². The molecular weight excluding hydrogens is 253 g/mol. The summed E-state index contributed by atoms with van der Waals surface area (Å²) in [5.74, 6) is -0.422. The number of aliphatic hydroxyl groups excluding tert-OH is 1. The molecule has 0 spiro atoms. The monoisotopic (exact) mass is 265 g/mol. The number of halogens is 2. The van der Waals surface area contributed by atoms with Crippen LogP contribution in [0.5, 0.6) is 0 Å². The molecule has 0 heterocycles. The molecule has 2 aromatic carbocycles. The zero-order chi connectivity index (χ0) is 13.0. The normalized spacial score (nSPS) is 10.4. The van der Waals surface area contributed by atoms with Crippen molar-refractivity contribution in [1.29, 1.82) is 0 Å². The highest BCUT2D eigenvalue weighted by molar-refractivity contribution is 6.31. The molecule has 0 bridgehead atoms. The number of aliphatic hydroxyl groups is 1. The highest BCUT2D eigenvalue weighted by Gasteiger charge is 2.00. The third-order valence-electron chi connectivity index (χ3n) is 2.62. The molecular formula is C14H13ClFNO. The predicted octanol–water partition coefficient (Wildman–Crippen LogP) is 3.58. The summed E-state index contributed by atoms with van der Waals surface area (Å²) in [6.07, 6.45) is 0. The lowest BCUT2D eigenvalue weighted by molar-refractivity contribution is 0.282. The first-order valence-corrected chi connectivity index (χ1v) is 5.94. The van der Waals surface area contributed by atoms with Gasteiger partial charge in [-0.15, -0.1) is 0 Å². The Morgan fingerprint density at radius 1 is 1.06 bits per heavy atom. The van der Waals surface area contributed by atoms with Gasteiger partial charge in [0.25, 0.3) is 0 Å². The quantitative estimate of drug-likeness (QED) is 0.886. The molecule has 0 aliphatic carbocycles. The Hall–Kier alpha value is -1.58. The summed E-state index contributed by atoms with van der Waals surface area (Å²) < 4.78 is 13.0. The minimum atomic E-state index is -0.422. The average molecular weight is 266 g/mol. The van der Waals surface area contributed by atoms with Crippen LogP contribution in [0.2, 0.25) is 5.02 Å². The summed E-state index contributed by atoms with van der Waals surface area (Å²) in [4.78, 5) is 0. The lowest BCUT2D eigenvalue weighted by Crippen LogP contribution is -1.99. The maximum Gasteiger partial charge on any atom is 0.141 e. The van der Waals surface area contributed by atoms with E-state index in [1.54, 1.807) is 12.1 Å². The lowest BCUT2D eigenvalue weighted by Gasteiger charge is -2.07. The first-order chi connectivity index (χ1) is 8.69. The molecule has 0 radical (unpaired) electrons. The van der Waals surface area contributed by atoms with Crippen LogP contribution in [-0.4, -0.2) is 5.11 Å². The first-order valence-electron chi connectivity index (χ1n) is 5.56. The Morgan fingerprint density at radius 2 is 1.72 bits per heavy atom. The van der Waals surface area contributed by atoms with Crippen LogP contribution >= 0.6 is 11.6 Å². The Kier molecular flexibility index (Phi) is 4.18. The van der Waals surface area contributed by atoms with E-state index in [0.717, 1.165) is 16.8 Å². The van der Waals surface area contributed by atoms with Crippen LogP contribution in [0.3, 0.4) is 0 Å². The summed E-state index contributed by atoms with van der Waals surface area (Å²) >= 11 is 5.69. The maximum absolute atomic E-state index is 13.0. The average Bonchev–Trinajstić information content (AvgIpc) is 2.41. The van der Waals surface area contributed by atoms with Crippen LogP contribution in [0.25, 0.3) is 0 Å². The summed E-state index contributed by atoms with van der Waals surface area (Å²) in [7, 11) is 0. The van der Waals surface area contributed by atoms with Crippen molar-refractivity contribution in [3.63, 3.8) is 0 Å². The standard InChI is InChI=1S/C14H13ClFNO/c15-13-7-12(5-6-14(13)16)17-8-10-1-3-11(9-18)4-2-10/h1-7,17-18H,8-9H2. The van der Waals surface area contributed by atoms with E-state index < -0.39 is 5.82 Å². The van der Waals surface area contributed by atoms with Crippen molar-refractivity contribution < 1.29 is 9.50 Å². The molecule has 0 unspecified atom stereocenters. The van der Waals surface area contributed by atoms with Gasteiger partial charge in [-0.3, -0.25) is 0 Å². The minimum absolute atomic E-state index is 0.0429. The fourth-order valence-corrected chi connectivity index (χ4v) is 1.75. The SMILES string of the molecule is OCc1ccc(CNc2ccc(F)c(Cl)c2)cc1. The second-order valence-electron chi connectivity index (χ2n) is 3.96. The molecule has 0 aliphatic rings. The van der Waals surface area contributed by atoms with Crippen molar-refractivity contribution in [3.05, 3.63) is 64.4 Å². The zero-order valence-corrected chi connectivity index (χ0v) is 10.4. The van der Waals surface area contributed by atoms with Crippen molar-refractivity contribution >= 4 is 17.3 Å². The van der Waals surface area contributed by atoms with Crippen molar-refractivity contribution in [1.82, 2.24) is 0 Å². The fraction of sp³-hybridized carbons (Fsp3) is 0.143. The first kappa shape index (κ1) is 12.9. The van der Waals surface area contributed by atoms with Crippen molar-refractivity contribution in [3.8, 4) is 0 Å². The smallest absolute Gasteiger partial charge is 0.141 e. The van der Waals surface area contributed by atoms with E-state index in [4.69, 9.17) is 16.7 Å². The molecule has 4 heteroatoms. The number of rotatable bonds is 4. The summed E-state index contributed by atoms with van der Waals surface area (Å²) in [6, 6.07) is 12.1. The molecule has 2 nitrogen and oxygen atoms in total. The van der Waals surface area contributed by atoms with Crippen LogP contribution in [0.1, 0.15) is 11.1 Å². The van der Waals surface area contributed by atoms with Gasteiger partial charge in [-0.25, -0.2) is 4.39 Å². The second kappa shape index (κ2) is 5.85. The van der Waals surface area contributed by atoms with Crippen LogP contribution in [-0.2, 0) is 13.2 Å². The van der Waals surface area contributed by atoms with E-state index in [-0.39, 0.29) is 11.6 Å². The Labute approximate surface area is 110 Å². The molecule has 0 fully saturated rings. The molecule has 0 aromatic heterocycles. The molecule has 2 aromatic rings. The summed E-state index contributed by atoms with van der Waals surface area (Å²) in [5.41, 5.74) is 2.73. The Bertz CT molecular complexity index is 528. The molecule has 0 saturated carbocycles. The van der Waals surface area contributed by atoms with Gasteiger partial charge in [-0.2, -0.15) is 0 Å². The Balaban J connectivity index is 1.99. The van der Waals surface area contributed by atoms with Gasteiger partial charge in [-0.1, -0.05) is 35.9 Å². The van der Waals surface area contributed by atoms with Gasteiger partial charge in [0.05, 0.1) is 11.6 Å². The van der Waals surface area contributed by atoms with Gasteiger partial charge < -0.3 is 10.4 Å². The Morgan fingerprint density at radius 3 is 2.33 bits per heavy atom. The highest BCUT2D eigenvalue weighted by Crippen LogP contribution is 2.19. The largest absolute Gasteiger partial charge is 0.392 e. The maximum atomic E-state index is 13.0. The number of benzene rings is 2. The number of hydrogen-bond acceptors (Lipinski definition) is 2. The van der Waals surface area contributed by atoms with Crippen molar-refractivity contribution in [2.24, 2.45) is 0 Å². The molecule has 0 atom stereocenters. The van der Waals surface area contributed by atoms with E-state index in [1.807, 2.05) is 24.3 Å². The minimum Gasteiger partial charge on any atom is -0.392 e. The number of nitrogens with one attached hydrogen (secondary N) is 1. The molecule has 18 heavy (non-hydrogen) atoms. The van der Waals surface area contributed by atoms with E-state index in [1.165, 1.54) is 6.07 Å². The molecule has 0 amide bonds. The lowest BCUT2D eigenvalue weighted by atomic mass is 10.1. The summed E-state index contributed by atoms with van der Waals surface area (Å²) in [5, 5.41) is 12.2. The zero-order valence-electron chi connectivity index (χ0n) is 9.66. The van der Waals surface area contributed by atoms with Crippen LogP contribution < -0.4 is 5.32 Å². The molecule has 94 valence electrons. The topological polar surface area (TPSA) is 32.3 Å². The van der Waals surface area contributed by atoms with Gasteiger partial charge in [0.1, 0.15) is 5.82 Å². The summed E-state index contributed by atoms with van der Waals surface area (Å²) in [6.45, 7) is 0.662. The fourth-order valence-electron chi connectivity index (χ4n) is 1.57. The van der Waals surface area contributed by atoms with Crippen LogP contribution in [0.15, 0.2) is 42.5 Å². The molecule has 0 saturated heterocycles. The van der Waals surface area contributed by atoms with E-state index in [2.05, 4.69) is 5.32 Å². The van der Waals surface area contributed by atoms with Gasteiger partial charge >= 0.3 is 0 Å². The van der Waals surface area contributed by atoms with E-state index in [9.17, 15) is 4.39 Å². The van der Waals surface area contributed by atoms with E-state index >= 15 is 0 Å². The molecule has 2 N–H and O–H groups in total. The predicted molar refractivity (Wildman–Crippen MR) is 71.1 cm³/mol. The van der Waals surface area contributed by atoms with Crippen molar-refractivity contribution in [2.75, 3.05) is 5.32 Å². The van der Waals surface area contributed by atoms with Gasteiger partial charge in [0, 0.05) is 12.2 Å². The number of anilines is 1. The number of hydrogen-bond donors (Lipinski definition) is 2. The van der Waals surface area contributed by atoms with Gasteiger partial charge in [0.15, 0.2) is 0 Å². The van der Waals surface area contributed by atoms with Crippen LogP contribution in [0.4, 0.5) is 10.1 Å². The third kappa shape index (κ3) is 3.22. The van der Waals surface area contributed by atoms with E-state index in [0.29, 0.717) is 6.54 Å². The van der Waals surface area contributed by atoms with Crippen molar-refractivity contribution in [2.45, 2.75) is 13.2 Å². The highest BCUT2D eigenvalue weighted by atomic mass is 35.5.